The molecule has 5 heteroatoms. The number of rotatable bonds is 6. The molecular weight excluding hydrogens is 220 g/mol. The standard InChI is InChI=1S/C12H18N2O3/c1-13-12(15)6-7-14-9-4-5-10(16-2)11(8-9)17-3/h4-5,8,14H,6-7H2,1-3H3,(H,13,15). The van der Waals surface area contributed by atoms with Gasteiger partial charge in [-0.2, -0.15) is 0 Å². The molecule has 0 radical (unpaired) electrons. The SMILES string of the molecule is CNC(=O)CCNc1ccc(OC)c(OC)c1. The van der Waals surface area contributed by atoms with Gasteiger partial charge in [-0.05, 0) is 12.1 Å². The van der Waals surface area contributed by atoms with Crippen LogP contribution in [0.2, 0.25) is 0 Å². The molecule has 1 aromatic rings. The number of carbonyl (C=O) groups is 1. The Kier molecular flexibility index (Phi) is 5.13. The van der Waals surface area contributed by atoms with E-state index in [9.17, 15) is 4.79 Å². The van der Waals surface area contributed by atoms with Gasteiger partial charge in [-0.25, -0.2) is 0 Å². The van der Waals surface area contributed by atoms with Crippen LogP contribution in [-0.2, 0) is 4.79 Å². The van der Waals surface area contributed by atoms with Crippen LogP contribution >= 0.6 is 0 Å². The predicted octanol–water partition coefficient (Wildman–Crippen LogP) is 1.25. The Morgan fingerprint density at radius 2 is 1.94 bits per heavy atom. The van der Waals surface area contributed by atoms with Crippen molar-refractivity contribution in [2.45, 2.75) is 6.42 Å². The fraction of sp³-hybridized carbons (Fsp3) is 0.417. The molecule has 0 spiro atoms. The molecule has 0 aliphatic carbocycles. The smallest absolute Gasteiger partial charge is 0.221 e. The molecule has 0 aliphatic rings. The molecule has 0 atom stereocenters. The zero-order valence-electron chi connectivity index (χ0n) is 10.4. The van der Waals surface area contributed by atoms with Gasteiger partial charge in [-0.1, -0.05) is 0 Å². The summed E-state index contributed by atoms with van der Waals surface area (Å²) in [6.45, 7) is 0.579. The lowest BCUT2D eigenvalue weighted by molar-refractivity contribution is -0.120. The van der Waals surface area contributed by atoms with E-state index >= 15 is 0 Å². The lowest BCUT2D eigenvalue weighted by Gasteiger charge is -2.10. The van der Waals surface area contributed by atoms with Crippen molar-refractivity contribution in [2.24, 2.45) is 0 Å². The van der Waals surface area contributed by atoms with Gasteiger partial charge in [0.2, 0.25) is 5.91 Å². The van der Waals surface area contributed by atoms with Gasteiger partial charge in [0.1, 0.15) is 0 Å². The van der Waals surface area contributed by atoms with Gasteiger partial charge < -0.3 is 20.1 Å². The maximum absolute atomic E-state index is 11.0. The molecule has 2 N–H and O–H groups in total. The molecule has 17 heavy (non-hydrogen) atoms. The quantitative estimate of drug-likeness (QED) is 0.783. The molecule has 0 heterocycles. The highest BCUT2D eigenvalue weighted by atomic mass is 16.5. The topological polar surface area (TPSA) is 59.6 Å². The van der Waals surface area contributed by atoms with Gasteiger partial charge in [-0.15, -0.1) is 0 Å². The number of hydrogen-bond acceptors (Lipinski definition) is 4. The summed E-state index contributed by atoms with van der Waals surface area (Å²) in [7, 11) is 4.81. The third kappa shape index (κ3) is 3.86. The molecule has 0 aromatic heterocycles. The lowest BCUT2D eigenvalue weighted by Crippen LogP contribution is -2.20. The molecule has 0 unspecified atom stereocenters. The molecule has 1 aromatic carbocycles. The number of hydrogen-bond donors (Lipinski definition) is 2. The minimum Gasteiger partial charge on any atom is -0.493 e. The molecule has 1 rings (SSSR count). The number of ether oxygens (including phenoxy) is 2. The van der Waals surface area contributed by atoms with Gasteiger partial charge in [0.15, 0.2) is 11.5 Å². The van der Waals surface area contributed by atoms with Crippen molar-refractivity contribution in [3.05, 3.63) is 18.2 Å². The first-order valence-electron chi connectivity index (χ1n) is 5.37. The van der Waals surface area contributed by atoms with Gasteiger partial charge in [0.05, 0.1) is 14.2 Å². The Balaban J connectivity index is 2.57. The summed E-state index contributed by atoms with van der Waals surface area (Å²) in [6, 6.07) is 5.54. The maximum Gasteiger partial charge on any atom is 0.221 e. The summed E-state index contributed by atoms with van der Waals surface area (Å²) >= 11 is 0. The van der Waals surface area contributed by atoms with Crippen molar-refractivity contribution in [1.82, 2.24) is 5.32 Å². The molecule has 94 valence electrons. The normalized spacial score (nSPS) is 9.59. The molecular formula is C12H18N2O3. The predicted molar refractivity (Wildman–Crippen MR) is 66.7 cm³/mol. The molecule has 5 nitrogen and oxygen atoms in total. The van der Waals surface area contributed by atoms with E-state index in [4.69, 9.17) is 9.47 Å². The second-order valence-electron chi connectivity index (χ2n) is 3.42. The summed E-state index contributed by atoms with van der Waals surface area (Å²) in [5.74, 6) is 1.36. The van der Waals surface area contributed by atoms with Crippen LogP contribution in [0.4, 0.5) is 5.69 Å². The average molecular weight is 238 g/mol. The molecule has 0 bridgehead atoms. The Morgan fingerprint density at radius 1 is 1.24 bits per heavy atom. The van der Waals surface area contributed by atoms with Crippen LogP contribution in [0.1, 0.15) is 6.42 Å². The third-order valence-corrected chi connectivity index (χ3v) is 2.34. The van der Waals surface area contributed by atoms with Crippen LogP contribution < -0.4 is 20.1 Å². The highest BCUT2D eigenvalue weighted by Crippen LogP contribution is 2.29. The second kappa shape index (κ2) is 6.62. The molecule has 0 fully saturated rings. The number of nitrogens with one attached hydrogen (secondary N) is 2. The van der Waals surface area contributed by atoms with E-state index < -0.39 is 0 Å². The maximum atomic E-state index is 11.0. The van der Waals surface area contributed by atoms with Gasteiger partial charge >= 0.3 is 0 Å². The summed E-state index contributed by atoms with van der Waals surface area (Å²) in [6.07, 6.45) is 0.435. The lowest BCUT2D eigenvalue weighted by atomic mass is 10.2. The van der Waals surface area contributed by atoms with Crippen LogP contribution in [0.5, 0.6) is 11.5 Å². The van der Waals surface area contributed by atoms with Crippen LogP contribution in [0.3, 0.4) is 0 Å². The fourth-order valence-corrected chi connectivity index (χ4v) is 1.39. The Morgan fingerprint density at radius 3 is 2.53 bits per heavy atom. The molecule has 0 aliphatic heterocycles. The highest BCUT2D eigenvalue weighted by Gasteiger charge is 2.04. The van der Waals surface area contributed by atoms with Crippen LogP contribution in [0, 0.1) is 0 Å². The number of carbonyl (C=O) groups excluding carboxylic acids is 1. The average Bonchev–Trinajstić information content (AvgIpc) is 2.38. The minimum atomic E-state index is 0.0120. The summed E-state index contributed by atoms with van der Waals surface area (Å²) < 4.78 is 10.3. The second-order valence-corrected chi connectivity index (χ2v) is 3.42. The number of benzene rings is 1. The van der Waals surface area contributed by atoms with E-state index in [2.05, 4.69) is 10.6 Å². The van der Waals surface area contributed by atoms with E-state index in [1.54, 1.807) is 21.3 Å². The fourth-order valence-electron chi connectivity index (χ4n) is 1.39. The summed E-state index contributed by atoms with van der Waals surface area (Å²) in [5, 5.41) is 5.71. The summed E-state index contributed by atoms with van der Waals surface area (Å²) in [4.78, 5) is 11.0. The van der Waals surface area contributed by atoms with Gasteiger partial charge in [0.25, 0.3) is 0 Å². The van der Waals surface area contributed by atoms with Crippen molar-refractivity contribution in [2.75, 3.05) is 33.1 Å². The van der Waals surface area contributed by atoms with Crippen molar-refractivity contribution >= 4 is 11.6 Å². The van der Waals surface area contributed by atoms with Crippen molar-refractivity contribution < 1.29 is 14.3 Å². The van der Waals surface area contributed by atoms with Crippen molar-refractivity contribution in [1.29, 1.82) is 0 Å². The monoisotopic (exact) mass is 238 g/mol. The van der Waals surface area contributed by atoms with Gasteiger partial charge in [-0.3, -0.25) is 4.79 Å². The first kappa shape index (κ1) is 13.2. The molecule has 1 amide bonds. The summed E-state index contributed by atoms with van der Waals surface area (Å²) in [5.41, 5.74) is 0.895. The highest BCUT2D eigenvalue weighted by molar-refractivity contribution is 5.76. The Labute approximate surface area is 101 Å². The van der Waals surface area contributed by atoms with Gasteiger partial charge in [0, 0.05) is 31.8 Å². The van der Waals surface area contributed by atoms with E-state index in [-0.39, 0.29) is 5.91 Å². The zero-order chi connectivity index (χ0) is 12.7. The number of amides is 1. The van der Waals surface area contributed by atoms with Crippen LogP contribution in [0.15, 0.2) is 18.2 Å². The Hall–Kier alpha value is -1.91. The van der Waals surface area contributed by atoms with Crippen molar-refractivity contribution in [3.8, 4) is 11.5 Å². The number of anilines is 1. The zero-order valence-corrected chi connectivity index (χ0v) is 10.4. The van der Waals surface area contributed by atoms with Crippen LogP contribution in [-0.4, -0.2) is 33.7 Å². The van der Waals surface area contributed by atoms with Crippen molar-refractivity contribution in [3.63, 3.8) is 0 Å². The largest absolute Gasteiger partial charge is 0.493 e. The van der Waals surface area contributed by atoms with Crippen LogP contribution in [0.25, 0.3) is 0 Å². The number of methoxy groups -OCH3 is 2. The van der Waals surface area contributed by atoms with E-state index in [1.165, 1.54) is 0 Å². The van der Waals surface area contributed by atoms with E-state index in [0.29, 0.717) is 24.5 Å². The molecule has 0 saturated heterocycles. The minimum absolute atomic E-state index is 0.0120. The van der Waals surface area contributed by atoms with E-state index in [1.807, 2.05) is 18.2 Å². The first-order valence-corrected chi connectivity index (χ1v) is 5.37. The third-order valence-electron chi connectivity index (χ3n) is 2.34. The Bertz CT molecular complexity index is 380. The molecule has 0 saturated carbocycles. The first-order chi connectivity index (χ1) is 8.21. The van der Waals surface area contributed by atoms with E-state index in [0.717, 1.165) is 5.69 Å².